The second kappa shape index (κ2) is 4.94. The first-order chi connectivity index (χ1) is 7.75. The van der Waals surface area contributed by atoms with Gasteiger partial charge < -0.3 is 11.1 Å². The summed E-state index contributed by atoms with van der Waals surface area (Å²) in [6, 6.07) is 1.89. The van der Waals surface area contributed by atoms with Gasteiger partial charge in [-0.2, -0.15) is 5.10 Å². The van der Waals surface area contributed by atoms with Crippen molar-refractivity contribution < 1.29 is 4.79 Å². The minimum absolute atomic E-state index is 0.0295. The molecule has 3 N–H and O–H groups in total. The van der Waals surface area contributed by atoms with E-state index >= 15 is 0 Å². The molecular formula is C11H16N4O. The highest BCUT2D eigenvalue weighted by Gasteiger charge is 2.21. The molecule has 5 nitrogen and oxygen atoms in total. The fraction of sp³-hybridized carbons (Fsp3) is 0.455. The van der Waals surface area contributed by atoms with Gasteiger partial charge in [0.05, 0.1) is 12.5 Å². The molecule has 0 aromatic carbocycles. The molecule has 0 saturated heterocycles. The minimum Gasteiger partial charge on any atom is -0.354 e. The summed E-state index contributed by atoms with van der Waals surface area (Å²) < 4.78 is 1.79. The van der Waals surface area contributed by atoms with Gasteiger partial charge in [-0.1, -0.05) is 12.2 Å². The molecule has 2 rings (SSSR count). The third-order valence-electron chi connectivity index (χ3n) is 2.65. The summed E-state index contributed by atoms with van der Waals surface area (Å²) in [5.74, 6) is -0.0102. The summed E-state index contributed by atoms with van der Waals surface area (Å²) in [5.41, 5.74) is 5.69. The number of carbonyl (C=O) groups excluding carboxylic acids is 1. The highest BCUT2D eigenvalue weighted by molar-refractivity contribution is 5.81. The van der Waals surface area contributed by atoms with Crippen molar-refractivity contribution in [3.05, 3.63) is 30.6 Å². The number of rotatable bonds is 4. The number of carbonyl (C=O) groups is 1. The Bertz CT molecular complexity index is 371. The molecule has 16 heavy (non-hydrogen) atoms. The second-order valence-corrected chi connectivity index (χ2v) is 3.95. The van der Waals surface area contributed by atoms with Gasteiger partial charge in [0.2, 0.25) is 5.91 Å². The van der Waals surface area contributed by atoms with Crippen LogP contribution >= 0.6 is 0 Å². The van der Waals surface area contributed by atoms with Crippen molar-refractivity contribution in [2.75, 3.05) is 6.54 Å². The lowest BCUT2D eigenvalue weighted by Crippen LogP contribution is -2.33. The van der Waals surface area contributed by atoms with Gasteiger partial charge in [-0.05, 0) is 12.5 Å². The minimum atomic E-state index is -0.0624. The first-order valence-electron chi connectivity index (χ1n) is 5.45. The number of amides is 1. The van der Waals surface area contributed by atoms with E-state index in [2.05, 4.69) is 10.4 Å². The quantitative estimate of drug-likeness (QED) is 0.696. The van der Waals surface area contributed by atoms with Gasteiger partial charge in [-0.15, -0.1) is 0 Å². The maximum atomic E-state index is 11.7. The van der Waals surface area contributed by atoms with Gasteiger partial charge in [0, 0.05) is 25.0 Å². The Hall–Kier alpha value is -1.62. The first kappa shape index (κ1) is 10.9. The Labute approximate surface area is 94.3 Å². The molecule has 2 unspecified atom stereocenters. The van der Waals surface area contributed by atoms with Crippen molar-refractivity contribution in [3.63, 3.8) is 0 Å². The number of hydrogen-bond donors (Lipinski definition) is 2. The maximum Gasteiger partial charge on any atom is 0.227 e. The van der Waals surface area contributed by atoms with Crippen molar-refractivity contribution in [1.29, 1.82) is 0 Å². The number of hydrogen-bond acceptors (Lipinski definition) is 3. The van der Waals surface area contributed by atoms with Crippen LogP contribution in [0.25, 0.3) is 0 Å². The summed E-state index contributed by atoms with van der Waals surface area (Å²) in [5, 5.41) is 6.93. The monoisotopic (exact) mass is 220 g/mol. The molecule has 1 heterocycles. The number of nitrogens with zero attached hydrogens (tertiary/aromatic N) is 2. The highest BCUT2D eigenvalue weighted by atomic mass is 16.1. The lowest BCUT2D eigenvalue weighted by atomic mass is 10.1. The lowest BCUT2D eigenvalue weighted by Gasteiger charge is -2.10. The van der Waals surface area contributed by atoms with E-state index in [0.717, 1.165) is 0 Å². The molecular weight excluding hydrogens is 204 g/mol. The molecule has 2 atom stereocenters. The molecule has 5 heteroatoms. The van der Waals surface area contributed by atoms with Crippen LogP contribution in [0.3, 0.4) is 0 Å². The van der Waals surface area contributed by atoms with Gasteiger partial charge in [0.1, 0.15) is 0 Å². The second-order valence-electron chi connectivity index (χ2n) is 3.95. The predicted molar refractivity (Wildman–Crippen MR) is 60.5 cm³/mol. The SMILES string of the molecule is NC1C=CC(C(=O)NCCn2cccn2)C1. The molecule has 1 aliphatic carbocycles. The molecule has 1 amide bonds. The molecule has 1 aromatic heterocycles. The van der Waals surface area contributed by atoms with E-state index in [0.29, 0.717) is 19.5 Å². The number of nitrogens with two attached hydrogens (primary N) is 1. The first-order valence-corrected chi connectivity index (χ1v) is 5.45. The van der Waals surface area contributed by atoms with E-state index in [1.165, 1.54) is 0 Å². The van der Waals surface area contributed by atoms with E-state index < -0.39 is 0 Å². The third kappa shape index (κ3) is 2.70. The van der Waals surface area contributed by atoms with E-state index in [4.69, 9.17) is 5.73 Å². The zero-order valence-corrected chi connectivity index (χ0v) is 9.04. The van der Waals surface area contributed by atoms with E-state index in [1.807, 2.05) is 24.4 Å². The standard InChI is InChI=1S/C11H16N4O/c12-10-3-2-9(8-10)11(16)13-5-7-15-6-1-4-14-15/h1-4,6,9-10H,5,7-8,12H2,(H,13,16). The maximum absolute atomic E-state index is 11.7. The Morgan fingerprint density at radius 1 is 1.56 bits per heavy atom. The predicted octanol–water partition coefficient (Wildman–Crippen LogP) is -0.0973. The van der Waals surface area contributed by atoms with E-state index in [-0.39, 0.29) is 17.9 Å². The molecule has 0 bridgehead atoms. The number of aromatic nitrogens is 2. The summed E-state index contributed by atoms with van der Waals surface area (Å²) in [7, 11) is 0. The van der Waals surface area contributed by atoms with Crippen LogP contribution in [0.15, 0.2) is 30.6 Å². The smallest absolute Gasteiger partial charge is 0.227 e. The van der Waals surface area contributed by atoms with E-state index in [9.17, 15) is 4.79 Å². The van der Waals surface area contributed by atoms with Crippen molar-refractivity contribution in [2.24, 2.45) is 11.7 Å². The normalized spacial score (nSPS) is 23.6. The Morgan fingerprint density at radius 3 is 3.06 bits per heavy atom. The van der Waals surface area contributed by atoms with Gasteiger partial charge in [-0.3, -0.25) is 9.48 Å². The van der Waals surface area contributed by atoms with Crippen LogP contribution in [-0.2, 0) is 11.3 Å². The van der Waals surface area contributed by atoms with Crippen LogP contribution in [-0.4, -0.2) is 28.3 Å². The molecule has 0 spiro atoms. The van der Waals surface area contributed by atoms with Crippen molar-refractivity contribution in [2.45, 2.75) is 19.0 Å². The molecule has 0 saturated carbocycles. The van der Waals surface area contributed by atoms with Gasteiger partial charge >= 0.3 is 0 Å². The Morgan fingerprint density at radius 2 is 2.44 bits per heavy atom. The Balaban J connectivity index is 1.70. The molecule has 0 aliphatic heterocycles. The fourth-order valence-corrected chi connectivity index (χ4v) is 1.78. The summed E-state index contributed by atoms with van der Waals surface area (Å²) >= 11 is 0. The molecule has 0 radical (unpaired) electrons. The van der Waals surface area contributed by atoms with Crippen molar-refractivity contribution >= 4 is 5.91 Å². The highest BCUT2D eigenvalue weighted by Crippen LogP contribution is 2.15. The zero-order chi connectivity index (χ0) is 11.4. The van der Waals surface area contributed by atoms with Gasteiger partial charge in [0.25, 0.3) is 0 Å². The molecule has 0 fully saturated rings. The molecule has 1 aliphatic rings. The van der Waals surface area contributed by atoms with Crippen LogP contribution in [0.1, 0.15) is 6.42 Å². The average Bonchev–Trinajstić information content (AvgIpc) is 2.89. The van der Waals surface area contributed by atoms with Crippen LogP contribution in [0.2, 0.25) is 0 Å². The average molecular weight is 220 g/mol. The summed E-state index contributed by atoms with van der Waals surface area (Å²) in [6.45, 7) is 1.29. The van der Waals surface area contributed by atoms with Crippen molar-refractivity contribution in [3.8, 4) is 0 Å². The number of nitrogens with one attached hydrogen (secondary N) is 1. The lowest BCUT2D eigenvalue weighted by molar-refractivity contribution is -0.123. The zero-order valence-electron chi connectivity index (χ0n) is 9.04. The van der Waals surface area contributed by atoms with Crippen LogP contribution < -0.4 is 11.1 Å². The van der Waals surface area contributed by atoms with Gasteiger partial charge in [0.15, 0.2) is 0 Å². The van der Waals surface area contributed by atoms with E-state index in [1.54, 1.807) is 10.9 Å². The fourth-order valence-electron chi connectivity index (χ4n) is 1.78. The molecule has 1 aromatic rings. The largest absolute Gasteiger partial charge is 0.354 e. The van der Waals surface area contributed by atoms with Gasteiger partial charge in [-0.25, -0.2) is 0 Å². The topological polar surface area (TPSA) is 72.9 Å². The third-order valence-corrected chi connectivity index (χ3v) is 2.65. The molecule has 86 valence electrons. The van der Waals surface area contributed by atoms with Crippen LogP contribution in [0.5, 0.6) is 0 Å². The Kier molecular flexibility index (Phi) is 3.36. The van der Waals surface area contributed by atoms with Crippen LogP contribution in [0, 0.1) is 5.92 Å². The van der Waals surface area contributed by atoms with Crippen LogP contribution in [0.4, 0.5) is 0 Å². The summed E-state index contributed by atoms with van der Waals surface area (Å²) in [4.78, 5) is 11.7. The summed E-state index contributed by atoms with van der Waals surface area (Å²) in [6.07, 6.45) is 8.08. The van der Waals surface area contributed by atoms with Crippen molar-refractivity contribution in [1.82, 2.24) is 15.1 Å².